The van der Waals surface area contributed by atoms with Crippen LogP contribution in [-0.4, -0.2) is 44.3 Å². The van der Waals surface area contributed by atoms with E-state index in [0.29, 0.717) is 0 Å². The molecule has 1 aromatic carbocycles. The van der Waals surface area contributed by atoms with Crippen molar-refractivity contribution >= 4 is 0 Å². The first-order valence-corrected chi connectivity index (χ1v) is 8.35. The lowest BCUT2D eigenvalue weighted by Crippen LogP contribution is -2.46. The number of nitrogens with one attached hydrogen (secondary N) is 1. The van der Waals surface area contributed by atoms with E-state index in [2.05, 4.69) is 54.4 Å². The van der Waals surface area contributed by atoms with E-state index in [1.165, 1.54) is 18.5 Å². The van der Waals surface area contributed by atoms with Crippen molar-refractivity contribution in [2.45, 2.75) is 38.6 Å². The Morgan fingerprint density at radius 2 is 2.05 bits per heavy atom. The summed E-state index contributed by atoms with van der Waals surface area (Å²) in [7, 11) is 0. The zero-order valence-corrected chi connectivity index (χ0v) is 13.6. The lowest BCUT2D eigenvalue weighted by Gasteiger charge is -2.34. The third-order valence-corrected chi connectivity index (χ3v) is 4.23. The van der Waals surface area contributed by atoms with Crippen molar-refractivity contribution in [3.8, 4) is 0 Å². The minimum atomic E-state index is 0.0576. The first-order valence-electron chi connectivity index (χ1n) is 8.35. The molecule has 1 aliphatic rings. The van der Waals surface area contributed by atoms with Gasteiger partial charge in [-0.25, -0.2) is 0 Å². The molecule has 1 aromatic rings. The van der Waals surface area contributed by atoms with Crippen molar-refractivity contribution in [3.05, 3.63) is 35.9 Å². The van der Waals surface area contributed by atoms with Gasteiger partial charge in [0.05, 0.1) is 5.54 Å². The number of rotatable bonds is 7. The smallest absolute Gasteiger partial charge is 0.0534 e. The molecule has 2 rings (SSSR count). The van der Waals surface area contributed by atoms with Gasteiger partial charge in [-0.3, -0.25) is 0 Å². The Kier molecular flexibility index (Phi) is 6.68. The van der Waals surface area contributed by atoms with Gasteiger partial charge in [0.25, 0.3) is 0 Å². The second-order valence-electron chi connectivity index (χ2n) is 6.22. The molecular formula is C18H30N2O. The second kappa shape index (κ2) is 8.52. The van der Waals surface area contributed by atoms with E-state index in [0.717, 1.165) is 45.7 Å². The molecule has 0 saturated carbocycles. The van der Waals surface area contributed by atoms with Crippen LogP contribution in [0.4, 0.5) is 0 Å². The van der Waals surface area contributed by atoms with Gasteiger partial charge in [0.15, 0.2) is 0 Å². The van der Waals surface area contributed by atoms with E-state index in [1.807, 2.05) is 0 Å². The summed E-state index contributed by atoms with van der Waals surface area (Å²) in [4.78, 5) is 2.59. The fourth-order valence-corrected chi connectivity index (χ4v) is 3.08. The molecule has 1 fully saturated rings. The molecule has 1 atom stereocenters. The van der Waals surface area contributed by atoms with Crippen LogP contribution in [0.3, 0.4) is 0 Å². The summed E-state index contributed by atoms with van der Waals surface area (Å²) in [5.74, 6) is 0. The molecule has 1 N–H and O–H groups in total. The molecule has 118 valence electrons. The topological polar surface area (TPSA) is 24.5 Å². The molecule has 0 bridgehead atoms. The van der Waals surface area contributed by atoms with Gasteiger partial charge in [-0.2, -0.15) is 0 Å². The van der Waals surface area contributed by atoms with E-state index in [1.54, 1.807) is 0 Å². The number of hydrogen-bond donors (Lipinski definition) is 1. The van der Waals surface area contributed by atoms with Gasteiger partial charge >= 0.3 is 0 Å². The van der Waals surface area contributed by atoms with Crippen LogP contribution in [0.25, 0.3) is 0 Å². The zero-order valence-electron chi connectivity index (χ0n) is 13.6. The van der Waals surface area contributed by atoms with Crippen LogP contribution in [0.15, 0.2) is 30.3 Å². The number of hydrogen-bond acceptors (Lipinski definition) is 3. The van der Waals surface area contributed by atoms with Gasteiger partial charge in [-0.05, 0) is 44.8 Å². The van der Waals surface area contributed by atoms with Crippen LogP contribution in [0.2, 0.25) is 0 Å². The predicted octanol–water partition coefficient (Wildman–Crippen LogP) is 3.01. The summed E-state index contributed by atoms with van der Waals surface area (Å²) in [6.45, 7) is 10.7. The number of benzene rings is 1. The summed E-state index contributed by atoms with van der Waals surface area (Å²) in [6, 6.07) is 10.8. The lowest BCUT2D eigenvalue weighted by atomic mass is 9.91. The standard InChI is InChI=1S/C18H30N2O/c1-3-14-21-15-8-13-20-12-7-11-19-18(2,16-20)17-9-5-4-6-10-17/h4-6,9-10,19H,3,7-8,11-16H2,1-2H3. The van der Waals surface area contributed by atoms with E-state index in [9.17, 15) is 0 Å². The molecule has 0 amide bonds. The quantitative estimate of drug-likeness (QED) is 0.781. The van der Waals surface area contributed by atoms with Gasteiger partial charge in [0.2, 0.25) is 0 Å². The summed E-state index contributed by atoms with van der Waals surface area (Å²) in [5, 5.41) is 3.74. The van der Waals surface area contributed by atoms with Crippen LogP contribution in [0.5, 0.6) is 0 Å². The average Bonchev–Trinajstić information content (AvgIpc) is 2.71. The third kappa shape index (κ3) is 5.10. The molecule has 3 nitrogen and oxygen atoms in total. The Hall–Kier alpha value is -0.900. The van der Waals surface area contributed by atoms with Gasteiger partial charge in [-0.1, -0.05) is 37.3 Å². The van der Waals surface area contributed by atoms with Gasteiger partial charge < -0.3 is 15.0 Å². The normalized spacial score (nSPS) is 23.9. The van der Waals surface area contributed by atoms with E-state index >= 15 is 0 Å². The van der Waals surface area contributed by atoms with Crippen molar-refractivity contribution in [2.24, 2.45) is 0 Å². The highest BCUT2D eigenvalue weighted by molar-refractivity contribution is 5.24. The molecule has 0 radical (unpaired) electrons. The van der Waals surface area contributed by atoms with Gasteiger partial charge in [0, 0.05) is 26.3 Å². The largest absolute Gasteiger partial charge is 0.381 e. The maximum Gasteiger partial charge on any atom is 0.0534 e. The molecule has 0 aliphatic carbocycles. The fraction of sp³-hybridized carbons (Fsp3) is 0.667. The minimum Gasteiger partial charge on any atom is -0.381 e. The van der Waals surface area contributed by atoms with Crippen molar-refractivity contribution in [1.82, 2.24) is 10.2 Å². The SMILES string of the molecule is CCCOCCCN1CCCNC(C)(c2ccccc2)C1. The Labute approximate surface area is 129 Å². The third-order valence-electron chi connectivity index (χ3n) is 4.23. The molecule has 0 spiro atoms. The Morgan fingerprint density at radius 3 is 2.81 bits per heavy atom. The molecule has 1 aliphatic heterocycles. The van der Waals surface area contributed by atoms with Crippen LogP contribution in [0.1, 0.15) is 38.7 Å². The van der Waals surface area contributed by atoms with Crippen LogP contribution < -0.4 is 5.32 Å². The monoisotopic (exact) mass is 290 g/mol. The number of nitrogens with zero attached hydrogens (tertiary/aromatic N) is 1. The highest BCUT2D eigenvalue weighted by atomic mass is 16.5. The maximum absolute atomic E-state index is 5.60. The zero-order chi connectivity index (χ0) is 15.0. The first-order chi connectivity index (χ1) is 10.2. The minimum absolute atomic E-state index is 0.0576. The lowest BCUT2D eigenvalue weighted by molar-refractivity contribution is 0.117. The average molecular weight is 290 g/mol. The summed E-state index contributed by atoms with van der Waals surface area (Å²) in [5.41, 5.74) is 1.45. The Bertz CT molecular complexity index is 395. The molecule has 21 heavy (non-hydrogen) atoms. The Balaban J connectivity index is 1.89. The van der Waals surface area contributed by atoms with Crippen LogP contribution >= 0.6 is 0 Å². The highest BCUT2D eigenvalue weighted by Crippen LogP contribution is 2.24. The van der Waals surface area contributed by atoms with Crippen molar-refractivity contribution in [3.63, 3.8) is 0 Å². The van der Waals surface area contributed by atoms with E-state index < -0.39 is 0 Å². The first kappa shape index (κ1) is 16.5. The summed E-state index contributed by atoms with van der Waals surface area (Å²) >= 11 is 0. The van der Waals surface area contributed by atoms with Crippen molar-refractivity contribution in [2.75, 3.05) is 39.4 Å². The van der Waals surface area contributed by atoms with E-state index in [-0.39, 0.29) is 5.54 Å². The van der Waals surface area contributed by atoms with Crippen LogP contribution in [-0.2, 0) is 10.3 Å². The summed E-state index contributed by atoms with van der Waals surface area (Å²) < 4.78 is 5.60. The fourth-order valence-electron chi connectivity index (χ4n) is 3.08. The van der Waals surface area contributed by atoms with E-state index in [4.69, 9.17) is 4.74 Å². The Morgan fingerprint density at radius 1 is 1.24 bits per heavy atom. The molecule has 1 unspecified atom stereocenters. The molecular weight excluding hydrogens is 260 g/mol. The number of ether oxygens (including phenoxy) is 1. The predicted molar refractivity (Wildman–Crippen MR) is 88.6 cm³/mol. The molecule has 3 heteroatoms. The molecule has 1 saturated heterocycles. The second-order valence-corrected chi connectivity index (χ2v) is 6.22. The molecule has 1 heterocycles. The van der Waals surface area contributed by atoms with Crippen LogP contribution in [0, 0.1) is 0 Å². The van der Waals surface area contributed by atoms with Gasteiger partial charge in [-0.15, -0.1) is 0 Å². The van der Waals surface area contributed by atoms with Crippen molar-refractivity contribution in [1.29, 1.82) is 0 Å². The van der Waals surface area contributed by atoms with Crippen molar-refractivity contribution < 1.29 is 4.74 Å². The maximum atomic E-state index is 5.60. The van der Waals surface area contributed by atoms with Gasteiger partial charge in [0.1, 0.15) is 0 Å². The molecule has 0 aromatic heterocycles. The highest BCUT2D eigenvalue weighted by Gasteiger charge is 2.30. The summed E-state index contributed by atoms with van der Waals surface area (Å²) in [6.07, 6.45) is 3.46.